The van der Waals surface area contributed by atoms with E-state index in [1.54, 1.807) is 22.8 Å². The molecule has 0 radical (unpaired) electrons. The molecule has 0 N–H and O–H groups in total. The minimum Gasteiger partial charge on any atom is -0.221 e. The van der Waals surface area contributed by atoms with Crippen LogP contribution in [-0.2, 0) is 0 Å². The van der Waals surface area contributed by atoms with Gasteiger partial charge in [-0.2, -0.15) is 5.10 Å². The van der Waals surface area contributed by atoms with Crippen molar-refractivity contribution in [2.45, 2.75) is 0 Å². The first-order chi connectivity index (χ1) is 4.86. The van der Waals surface area contributed by atoms with Gasteiger partial charge in [0, 0.05) is 6.20 Å². The maximum absolute atomic E-state index is 7.23. The van der Waals surface area contributed by atoms with Crippen LogP contribution in [0, 0.1) is 0 Å². The molecule has 3 heteroatoms. The van der Waals surface area contributed by atoms with E-state index in [4.69, 9.17) is 1.37 Å². The van der Waals surface area contributed by atoms with Crippen molar-refractivity contribution >= 4 is 5.65 Å². The third kappa shape index (κ3) is 0.579. The minimum absolute atomic E-state index is 0.443. The summed E-state index contributed by atoms with van der Waals surface area (Å²) in [6.07, 6.45) is 3.08. The summed E-state index contributed by atoms with van der Waals surface area (Å²) >= 11 is 0. The predicted octanol–water partition coefficient (Wildman–Crippen LogP) is 0.729. The van der Waals surface area contributed by atoms with E-state index in [1.165, 1.54) is 6.33 Å². The molecule has 2 aromatic rings. The maximum atomic E-state index is 7.23. The first kappa shape index (κ1) is 3.61. The number of hydrogen-bond donors (Lipinski definition) is 0. The number of rotatable bonds is 0. The summed E-state index contributed by atoms with van der Waals surface area (Å²) in [4.78, 5) is 3.93. The summed E-state index contributed by atoms with van der Waals surface area (Å²) in [5.41, 5.74) is 0.774. The molecular weight excluding hydrogens is 114 g/mol. The van der Waals surface area contributed by atoms with E-state index in [9.17, 15) is 0 Å². The summed E-state index contributed by atoms with van der Waals surface area (Å²) in [5, 5.41) is 3.87. The molecule has 2 aromatic heterocycles. The molecule has 0 aromatic carbocycles. The Morgan fingerprint density at radius 2 is 2.67 bits per heavy atom. The summed E-state index contributed by atoms with van der Waals surface area (Å²) in [7, 11) is 0. The van der Waals surface area contributed by atoms with Crippen molar-refractivity contribution < 1.29 is 1.37 Å². The van der Waals surface area contributed by atoms with Crippen LogP contribution in [0.25, 0.3) is 5.65 Å². The molecule has 0 saturated carbocycles. The van der Waals surface area contributed by atoms with Crippen molar-refractivity contribution in [3.63, 3.8) is 0 Å². The minimum atomic E-state index is 0.443. The number of nitrogens with zero attached hydrogens (tertiary/aromatic N) is 3. The molecular formula is C6H5N3. The topological polar surface area (TPSA) is 30.2 Å². The highest BCUT2D eigenvalue weighted by Crippen LogP contribution is 1.93. The lowest BCUT2D eigenvalue weighted by Crippen LogP contribution is -1.82. The van der Waals surface area contributed by atoms with Gasteiger partial charge < -0.3 is 0 Å². The Bertz CT molecular complexity index is 355. The molecule has 0 aliphatic heterocycles. The molecule has 0 fully saturated rings. The van der Waals surface area contributed by atoms with Crippen molar-refractivity contribution in [3.05, 3.63) is 30.7 Å². The molecule has 3 nitrogen and oxygen atoms in total. The fourth-order valence-corrected chi connectivity index (χ4v) is 0.714. The van der Waals surface area contributed by atoms with Crippen LogP contribution in [0.1, 0.15) is 1.37 Å². The van der Waals surface area contributed by atoms with E-state index in [2.05, 4.69) is 10.1 Å². The molecule has 0 bridgehead atoms. The van der Waals surface area contributed by atoms with Crippen LogP contribution in [0.5, 0.6) is 0 Å². The maximum Gasteiger partial charge on any atom is 0.155 e. The van der Waals surface area contributed by atoms with Gasteiger partial charge in [0.2, 0.25) is 0 Å². The second kappa shape index (κ2) is 1.55. The van der Waals surface area contributed by atoms with E-state index in [0.29, 0.717) is 6.04 Å². The largest absolute Gasteiger partial charge is 0.221 e. The van der Waals surface area contributed by atoms with Crippen molar-refractivity contribution in [1.29, 1.82) is 0 Å². The van der Waals surface area contributed by atoms with Crippen LogP contribution in [-0.4, -0.2) is 14.6 Å². The lowest BCUT2D eigenvalue weighted by Gasteiger charge is -1.84. The Morgan fingerprint density at radius 1 is 1.67 bits per heavy atom. The lowest BCUT2D eigenvalue weighted by atomic mass is 10.5. The highest BCUT2D eigenvalue weighted by Gasteiger charge is 1.86. The number of fused-ring (bicyclic) bond motifs is 1. The lowest BCUT2D eigenvalue weighted by molar-refractivity contribution is 0.961. The van der Waals surface area contributed by atoms with Gasteiger partial charge in [0.25, 0.3) is 0 Å². The Labute approximate surface area is 53.4 Å². The third-order valence-corrected chi connectivity index (χ3v) is 1.13. The van der Waals surface area contributed by atoms with Crippen LogP contribution in [0.3, 0.4) is 0 Å². The van der Waals surface area contributed by atoms with Gasteiger partial charge in [-0.3, -0.25) is 0 Å². The summed E-state index contributed by atoms with van der Waals surface area (Å²) in [6.45, 7) is 0. The second-order valence-corrected chi connectivity index (χ2v) is 1.69. The normalized spacial score (nSPS) is 11.8. The Hall–Kier alpha value is -1.38. The van der Waals surface area contributed by atoms with E-state index in [1.807, 2.05) is 0 Å². The molecule has 0 unspecified atom stereocenters. The molecule has 0 spiro atoms. The van der Waals surface area contributed by atoms with Gasteiger partial charge in [-0.15, -0.1) is 0 Å². The van der Waals surface area contributed by atoms with Gasteiger partial charge in [0.15, 0.2) is 5.65 Å². The van der Waals surface area contributed by atoms with Crippen molar-refractivity contribution in [1.82, 2.24) is 14.6 Å². The first-order valence-corrected chi connectivity index (χ1v) is 2.62. The highest BCUT2D eigenvalue weighted by molar-refractivity contribution is 5.34. The number of hydrogen-bond acceptors (Lipinski definition) is 2. The Morgan fingerprint density at radius 3 is 3.67 bits per heavy atom. The summed E-state index contributed by atoms with van der Waals surface area (Å²) in [5.74, 6) is 0. The quantitative estimate of drug-likeness (QED) is 0.513. The number of pyridine rings is 1. The van der Waals surface area contributed by atoms with Crippen LogP contribution in [0.15, 0.2) is 30.7 Å². The van der Waals surface area contributed by atoms with Crippen LogP contribution in [0.4, 0.5) is 0 Å². The molecule has 44 valence electrons. The molecule has 0 amide bonds. The molecule has 9 heavy (non-hydrogen) atoms. The fourth-order valence-electron chi connectivity index (χ4n) is 0.714. The monoisotopic (exact) mass is 120 g/mol. The first-order valence-electron chi connectivity index (χ1n) is 3.12. The van der Waals surface area contributed by atoms with Crippen LogP contribution < -0.4 is 0 Å². The number of aromatic nitrogens is 3. The second-order valence-electron chi connectivity index (χ2n) is 1.69. The van der Waals surface area contributed by atoms with E-state index >= 15 is 0 Å². The molecule has 2 rings (SSSR count). The molecule has 0 aliphatic rings. The zero-order valence-electron chi connectivity index (χ0n) is 5.65. The molecule has 0 aliphatic carbocycles. The fraction of sp³-hybridized carbons (Fsp3) is 0. The third-order valence-electron chi connectivity index (χ3n) is 1.13. The van der Waals surface area contributed by atoms with Gasteiger partial charge in [-0.1, -0.05) is 6.07 Å². The Kier molecular flexibility index (Phi) is 0.621. The van der Waals surface area contributed by atoms with Crippen LogP contribution >= 0.6 is 0 Å². The van der Waals surface area contributed by atoms with E-state index < -0.39 is 0 Å². The van der Waals surface area contributed by atoms with E-state index in [-0.39, 0.29) is 0 Å². The molecule has 0 saturated heterocycles. The van der Waals surface area contributed by atoms with Crippen molar-refractivity contribution in [2.24, 2.45) is 0 Å². The van der Waals surface area contributed by atoms with Gasteiger partial charge in [-0.05, 0) is 12.1 Å². The van der Waals surface area contributed by atoms with Gasteiger partial charge in [0.05, 0.1) is 1.37 Å². The van der Waals surface area contributed by atoms with Gasteiger partial charge in [0.1, 0.15) is 6.33 Å². The van der Waals surface area contributed by atoms with Gasteiger partial charge in [-0.25, -0.2) is 9.50 Å². The molecule has 0 atom stereocenters. The zero-order chi connectivity index (χ0) is 6.97. The SMILES string of the molecule is [2H]c1ccc2ncnn2c1. The summed E-state index contributed by atoms with van der Waals surface area (Å²) < 4.78 is 8.80. The standard InChI is InChI=1S/C6H5N3/c1-2-4-9-6(3-1)7-5-8-9/h1-5H/i2D. The average molecular weight is 120 g/mol. The average Bonchev–Trinajstić information content (AvgIpc) is 2.33. The van der Waals surface area contributed by atoms with Crippen LogP contribution in [0.2, 0.25) is 0 Å². The zero-order valence-corrected chi connectivity index (χ0v) is 4.65. The predicted molar refractivity (Wildman–Crippen MR) is 33.0 cm³/mol. The van der Waals surface area contributed by atoms with Gasteiger partial charge >= 0.3 is 0 Å². The van der Waals surface area contributed by atoms with Crippen molar-refractivity contribution in [2.75, 3.05) is 0 Å². The van der Waals surface area contributed by atoms with Crippen molar-refractivity contribution in [3.8, 4) is 0 Å². The Balaban J connectivity index is 2.86. The smallest absolute Gasteiger partial charge is 0.155 e. The van der Waals surface area contributed by atoms with E-state index in [0.717, 1.165) is 5.65 Å². The highest BCUT2D eigenvalue weighted by atomic mass is 15.3. The summed E-state index contributed by atoms with van der Waals surface area (Å²) in [6, 6.07) is 3.89. The molecule has 2 heterocycles.